The first-order valence-electron chi connectivity index (χ1n) is 10.3. The van der Waals surface area contributed by atoms with Crippen molar-refractivity contribution in [3.8, 4) is 5.75 Å². The lowest BCUT2D eigenvalue weighted by molar-refractivity contribution is -0.141. The first-order chi connectivity index (χ1) is 15.3. The van der Waals surface area contributed by atoms with Crippen molar-refractivity contribution in [1.82, 2.24) is 14.4 Å². The van der Waals surface area contributed by atoms with Crippen LogP contribution in [0.15, 0.2) is 36.7 Å². The molecule has 4 rings (SSSR count). The number of aromatic nitrogens is 3. The summed E-state index contributed by atoms with van der Waals surface area (Å²) in [5.41, 5.74) is 0.373. The number of alkyl halides is 3. The maximum Gasteiger partial charge on any atom is 0.433 e. The number of hydrogen-bond acceptors (Lipinski definition) is 5. The summed E-state index contributed by atoms with van der Waals surface area (Å²) < 4.78 is 51.7. The van der Waals surface area contributed by atoms with E-state index in [1.54, 1.807) is 23.6 Å². The minimum atomic E-state index is -4.64. The van der Waals surface area contributed by atoms with Crippen LogP contribution in [0.3, 0.4) is 0 Å². The summed E-state index contributed by atoms with van der Waals surface area (Å²) in [5.74, 6) is 0.181. The molecule has 170 valence electrons. The molecule has 0 saturated carbocycles. The minimum absolute atomic E-state index is 0.195. The van der Waals surface area contributed by atoms with Crippen molar-refractivity contribution in [3.05, 3.63) is 53.7 Å². The van der Waals surface area contributed by atoms with Crippen molar-refractivity contribution in [2.24, 2.45) is 5.92 Å². The Hall–Kier alpha value is -3.14. The molecule has 10 heteroatoms. The second kappa shape index (κ2) is 8.78. The van der Waals surface area contributed by atoms with Gasteiger partial charge in [0, 0.05) is 31.0 Å². The number of hydrogen-bond donors (Lipinski definition) is 1. The first-order valence-corrected chi connectivity index (χ1v) is 10.3. The average molecular weight is 448 g/mol. The van der Waals surface area contributed by atoms with Gasteiger partial charge in [-0.2, -0.15) is 13.2 Å². The Morgan fingerprint density at radius 1 is 1.34 bits per heavy atom. The number of amides is 1. The molecule has 1 aliphatic heterocycles. The van der Waals surface area contributed by atoms with E-state index in [4.69, 9.17) is 14.5 Å². The monoisotopic (exact) mass is 448 g/mol. The Morgan fingerprint density at radius 3 is 2.84 bits per heavy atom. The lowest BCUT2D eigenvalue weighted by Gasteiger charge is -2.14. The van der Waals surface area contributed by atoms with E-state index in [9.17, 15) is 18.0 Å². The van der Waals surface area contributed by atoms with E-state index in [0.29, 0.717) is 36.2 Å². The maximum absolute atomic E-state index is 12.9. The fourth-order valence-electron chi connectivity index (χ4n) is 3.72. The number of carbonyl (C=O) groups excluding carboxylic acids is 1. The van der Waals surface area contributed by atoms with Crippen LogP contribution in [-0.4, -0.2) is 40.1 Å². The van der Waals surface area contributed by atoms with Crippen LogP contribution in [0.25, 0.3) is 5.65 Å². The molecule has 2 atom stereocenters. The van der Waals surface area contributed by atoms with Crippen LogP contribution in [0.4, 0.5) is 18.9 Å². The molecule has 1 N–H and O–H groups in total. The largest absolute Gasteiger partial charge is 0.491 e. The highest BCUT2D eigenvalue weighted by Crippen LogP contribution is 2.33. The van der Waals surface area contributed by atoms with Crippen molar-refractivity contribution < 1.29 is 27.4 Å². The number of nitrogens with one attached hydrogen (secondary N) is 1. The molecular weight excluding hydrogens is 425 g/mol. The standard InChI is InChI=1S/C22H23F3N4O3/c1-3-32-18-9-20-27-16(13(2)14-7-8-31-12-14)10-29(20)11-17(18)28-21(30)15-5-4-6-19(26-15)22(23,24)25/h4-6,9-11,13-14H,3,7-8,12H2,1-2H3,(H,28,30)/t13-,14?/m0/s1. The quantitative estimate of drug-likeness (QED) is 0.599. The van der Waals surface area contributed by atoms with Crippen LogP contribution in [0.1, 0.15) is 48.1 Å². The molecular formula is C22H23F3N4O3. The third-order valence-corrected chi connectivity index (χ3v) is 5.53. The van der Waals surface area contributed by atoms with E-state index >= 15 is 0 Å². The van der Waals surface area contributed by atoms with Crippen molar-refractivity contribution in [2.45, 2.75) is 32.4 Å². The summed E-state index contributed by atoms with van der Waals surface area (Å²) in [5, 5.41) is 2.61. The van der Waals surface area contributed by atoms with E-state index in [-0.39, 0.29) is 11.6 Å². The van der Waals surface area contributed by atoms with Gasteiger partial charge in [-0.1, -0.05) is 13.0 Å². The highest BCUT2D eigenvalue weighted by Gasteiger charge is 2.33. The van der Waals surface area contributed by atoms with Gasteiger partial charge in [0.25, 0.3) is 5.91 Å². The van der Waals surface area contributed by atoms with Crippen molar-refractivity contribution in [3.63, 3.8) is 0 Å². The number of rotatable bonds is 6. The predicted molar refractivity (Wildman–Crippen MR) is 111 cm³/mol. The molecule has 1 aliphatic rings. The second-order valence-electron chi connectivity index (χ2n) is 7.69. The summed E-state index contributed by atoms with van der Waals surface area (Å²) in [6.45, 7) is 5.68. The number of imidazole rings is 1. The third kappa shape index (κ3) is 4.55. The van der Waals surface area contributed by atoms with Crippen LogP contribution in [0, 0.1) is 5.92 Å². The van der Waals surface area contributed by atoms with Crippen LogP contribution in [0.2, 0.25) is 0 Å². The number of carbonyl (C=O) groups is 1. The number of nitrogens with zero attached hydrogens (tertiary/aromatic N) is 3. The molecule has 7 nitrogen and oxygen atoms in total. The number of anilines is 1. The molecule has 1 amide bonds. The van der Waals surface area contributed by atoms with Gasteiger partial charge < -0.3 is 19.2 Å². The summed E-state index contributed by atoms with van der Waals surface area (Å²) in [6, 6.07) is 4.88. The van der Waals surface area contributed by atoms with Gasteiger partial charge in [-0.15, -0.1) is 0 Å². The van der Waals surface area contributed by atoms with Crippen LogP contribution < -0.4 is 10.1 Å². The lowest BCUT2D eigenvalue weighted by atomic mass is 9.91. The molecule has 0 aliphatic carbocycles. The average Bonchev–Trinajstić information content (AvgIpc) is 3.43. The number of fused-ring (bicyclic) bond motifs is 1. The topological polar surface area (TPSA) is 77.8 Å². The van der Waals surface area contributed by atoms with Gasteiger partial charge in [-0.25, -0.2) is 9.97 Å². The van der Waals surface area contributed by atoms with Gasteiger partial charge >= 0.3 is 6.18 Å². The smallest absolute Gasteiger partial charge is 0.433 e. The number of pyridine rings is 2. The number of ether oxygens (including phenoxy) is 2. The molecule has 0 radical (unpaired) electrons. The Bertz CT molecular complexity index is 1120. The molecule has 1 unspecified atom stereocenters. The zero-order valence-electron chi connectivity index (χ0n) is 17.6. The highest BCUT2D eigenvalue weighted by molar-refractivity contribution is 6.03. The Kier molecular flexibility index (Phi) is 6.05. The number of halogens is 3. The van der Waals surface area contributed by atoms with Crippen molar-refractivity contribution in [1.29, 1.82) is 0 Å². The minimum Gasteiger partial charge on any atom is -0.491 e. The highest BCUT2D eigenvalue weighted by atomic mass is 19.4. The fourth-order valence-corrected chi connectivity index (χ4v) is 3.72. The molecule has 3 aromatic heterocycles. The molecule has 0 aromatic carbocycles. The van der Waals surface area contributed by atoms with Crippen molar-refractivity contribution in [2.75, 3.05) is 25.1 Å². The van der Waals surface area contributed by atoms with Crippen LogP contribution in [-0.2, 0) is 10.9 Å². The van der Waals surface area contributed by atoms with Crippen LogP contribution >= 0.6 is 0 Å². The van der Waals surface area contributed by atoms with Gasteiger partial charge in [-0.05, 0) is 31.4 Å². The first kappa shape index (κ1) is 22.1. The molecule has 1 saturated heterocycles. The van der Waals surface area contributed by atoms with E-state index in [1.165, 1.54) is 6.07 Å². The maximum atomic E-state index is 12.9. The Morgan fingerprint density at radius 2 is 2.16 bits per heavy atom. The van der Waals surface area contributed by atoms with E-state index in [2.05, 4.69) is 17.2 Å². The van der Waals surface area contributed by atoms with Gasteiger partial charge in [-0.3, -0.25) is 4.79 Å². The molecule has 32 heavy (non-hydrogen) atoms. The zero-order valence-corrected chi connectivity index (χ0v) is 17.6. The summed E-state index contributed by atoms with van der Waals surface area (Å²) in [7, 11) is 0. The molecule has 0 spiro atoms. The summed E-state index contributed by atoms with van der Waals surface area (Å²) in [4.78, 5) is 20.8. The Balaban J connectivity index is 1.63. The Labute approximate surface area is 182 Å². The molecule has 0 bridgehead atoms. The SMILES string of the molecule is CCOc1cc2nc([C@@H](C)C3CCOC3)cn2cc1NC(=O)c1cccc(C(F)(F)F)n1. The van der Waals surface area contributed by atoms with Gasteiger partial charge in [0.2, 0.25) is 0 Å². The molecule has 4 heterocycles. The zero-order chi connectivity index (χ0) is 22.9. The predicted octanol–water partition coefficient (Wildman–Crippen LogP) is 4.54. The van der Waals surface area contributed by atoms with Crippen molar-refractivity contribution >= 4 is 17.2 Å². The van der Waals surface area contributed by atoms with Gasteiger partial charge in [0.1, 0.15) is 28.5 Å². The van der Waals surface area contributed by atoms with E-state index < -0.39 is 17.8 Å². The molecule has 1 fully saturated rings. The normalized spacial score (nSPS) is 17.5. The van der Waals surface area contributed by atoms with E-state index in [0.717, 1.165) is 30.9 Å². The summed E-state index contributed by atoms with van der Waals surface area (Å²) in [6.07, 6.45) is -0.142. The van der Waals surface area contributed by atoms with Crippen LogP contribution in [0.5, 0.6) is 5.75 Å². The summed E-state index contributed by atoms with van der Waals surface area (Å²) >= 11 is 0. The van der Waals surface area contributed by atoms with Gasteiger partial charge in [0.05, 0.1) is 18.9 Å². The van der Waals surface area contributed by atoms with Gasteiger partial charge in [0.15, 0.2) is 0 Å². The lowest BCUT2D eigenvalue weighted by Crippen LogP contribution is -2.17. The fraction of sp³-hybridized carbons (Fsp3) is 0.409. The van der Waals surface area contributed by atoms with E-state index in [1.807, 2.05) is 6.20 Å². The third-order valence-electron chi connectivity index (χ3n) is 5.53. The molecule has 3 aromatic rings. The second-order valence-corrected chi connectivity index (χ2v) is 7.69.